The van der Waals surface area contributed by atoms with Crippen LogP contribution in [0.4, 0.5) is 14.9 Å². The number of alkyl carbamates (subject to hydrolysis) is 1. The average Bonchev–Trinajstić information content (AvgIpc) is 3.58. The molecule has 0 spiro atoms. The third kappa shape index (κ3) is 6.67. The standard InChI is InChI=1S/C33H42FN5O5S/c1-33(2)19-29-30(26-12-6-22(34)18-28(26)39(29)45(42,43)20-33)21-5-11-25(31(35)40)27(17-21)37-23-7-9-24(10-8-23)44-32(41)36-13-16-38-14-3-4-15-38/h5-6,11-12,17-18,23-24,37H,3-4,7-10,13-16,19-20H2,1-2H3,(H2,35,40)(H,36,41)/t23-,24-. The number of nitrogens with one attached hydrogen (secondary N) is 2. The molecule has 0 radical (unpaired) electrons. The van der Waals surface area contributed by atoms with Crippen molar-refractivity contribution in [1.29, 1.82) is 0 Å². The number of carbonyl (C=O) groups is 2. The van der Waals surface area contributed by atoms with Crippen LogP contribution in [0.3, 0.4) is 0 Å². The third-order valence-corrected chi connectivity index (χ3v) is 11.4. The number of likely N-dealkylation sites (tertiary alicyclic amines) is 1. The molecule has 3 heterocycles. The second-order valence-electron chi connectivity index (χ2n) is 13.5. The number of anilines is 1. The van der Waals surface area contributed by atoms with E-state index in [1.165, 1.54) is 28.9 Å². The molecular formula is C33H42FN5O5S. The average molecular weight is 640 g/mol. The van der Waals surface area contributed by atoms with Gasteiger partial charge >= 0.3 is 6.09 Å². The van der Waals surface area contributed by atoms with E-state index in [1.807, 2.05) is 19.9 Å². The van der Waals surface area contributed by atoms with Crippen molar-refractivity contribution in [2.45, 2.75) is 70.9 Å². The predicted molar refractivity (Wildman–Crippen MR) is 172 cm³/mol. The van der Waals surface area contributed by atoms with E-state index in [0.717, 1.165) is 32.5 Å². The Balaban J connectivity index is 1.21. The molecule has 2 aromatic carbocycles. The number of hydrogen-bond acceptors (Lipinski definition) is 7. The van der Waals surface area contributed by atoms with Gasteiger partial charge < -0.3 is 26.0 Å². The largest absolute Gasteiger partial charge is 0.446 e. The fourth-order valence-electron chi connectivity index (χ4n) is 7.24. The van der Waals surface area contributed by atoms with Gasteiger partial charge in [0.05, 0.1) is 16.8 Å². The molecule has 2 fully saturated rings. The summed E-state index contributed by atoms with van der Waals surface area (Å²) in [4.78, 5) is 27.1. The summed E-state index contributed by atoms with van der Waals surface area (Å²) in [5.41, 5.74) is 8.44. The van der Waals surface area contributed by atoms with Crippen molar-refractivity contribution in [3.63, 3.8) is 0 Å². The second-order valence-corrected chi connectivity index (χ2v) is 15.3. The van der Waals surface area contributed by atoms with Crippen molar-refractivity contribution in [3.05, 3.63) is 53.5 Å². The zero-order chi connectivity index (χ0) is 31.9. The van der Waals surface area contributed by atoms with E-state index in [0.29, 0.717) is 64.8 Å². The quantitative estimate of drug-likeness (QED) is 0.321. The number of rotatable bonds is 8. The number of nitrogens with zero attached hydrogens (tertiary/aromatic N) is 2. The summed E-state index contributed by atoms with van der Waals surface area (Å²) in [5.74, 6) is -1.14. The maximum Gasteiger partial charge on any atom is 0.407 e. The highest BCUT2D eigenvalue weighted by molar-refractivity contribution is 7.90. The molecule has 3 aromatic rings. The summed E-state index contributed by atoms with van der Waals surface area (Å²) in [6.07, 6.45) is 5.15. The summed E-state index contributed by atoms with van der Waals surface area (Å²) in [6.45, 7) is 7.40. The number of fused-ring (bicyclic) bond motifs is 3. The van der Waals surface area contributed by atoms with Crippen LogP contribution in [-0.2, 0) is 21.2 Å². The van der Waals surface area contributed by atoms with Crippen LogP contribution < -0.4 is 16.4 Å². The lowest BCUT2D eigenvalue weighted by Gasteiger charge is -2.32. The number of primary amides is 1. The molecule has 12 heteroatoms. The minimum atomic E-state index is -3.74. The molecule has 1 aliphatic carbocycles. The van der Waals surface area contributed by atoms with Gasteiger partial charge in [-0.15, -0.1) is 0 Å². The van der Waals surface area contributed by atoms with Crippen LogP contribution in [0.1, 0.15) is 68.4 Å². The van der Waals surface area contributed by atoms with E-state index >= 15 is 0 Å². The normalized spacial score (nSPS) is 22.6. The van der Waals surface area contributed by atoms with Crippen LogP contribution in [0, 0.1) is 11.2 Å². The predicted octanol–water partition coefficient (Wildman–Crippen LogP) is 4.85. The molecule has 45 heavy (non-hydrogen) atoms. The molecule has 1 saturated carbocycles. The molecule has 1 saturated heterocycles. The molecule has 6 rings (SSSR count). The first-order chi connectivity index (χ1) is 21.4. The summed E-state index contributed by atoms with van der Waals surface area (Å²) in [5, 5.41) is 6.99. The highest BCUT2D eigenvalue weighted by atomic mass is 32.2. The van der Waals surface area contributed by atoms with Crippen molar-refractivity contribution in [1.82, 2.24) is 14.2 Å². The van der Waals surface area contributed by atoms with Crippen LogP contribution in [0.25, 0.3) is 22.0 Å². The maximum atomic E-state index is 14.4. The van der Waals surface area contributed by atoms with E-state index < -0.39 is 27.2 Å². The monoisotopic (exact) mass is 639 g/mol. The van der Waals surface area contributed by atoms with Crippen molar-refractivity contribution in [2.24, 2.45) is 11.1 Å². The van der Waals surface area contributed by atoms with E-state index in [2.05, 4.69) is 15.5 Å². The molecule has 0 bridgehead atoms. The fourth-order valence-corrected chi connectivity index (χ4v) is 9.40. The third-order valence-electron chi connectivity index (χ3n) is 9.26. The van der Waals surface area contributed by atoms with Gasteiger partial charge in [0.15, 0.2) is 0 Å². The summed E-state index contributed by atoms with van der Waals surface area (Å²) < 4.78 is 48.3. The van der Waals surface area contributed by atoms with Crippen LogP contribution in [-0.4, -0.2) is 73.4 Å². The Hall–Kier alpha value is -3.64. The molecule has 2 aliphatic heterocycles. The summed E-state index contributed by atoms with van der Waals surface area (Å²) >= 11 is 0. The summed E-state index contributed by atoms with van der Waals surface area (Å²) in [7, 11) is -3.74. The maximum absolute atomic E-state index is 14.4. The van der Waals surface area contributed by atoms with Crippen molar-refractivity contribution in [3.8, 4) is 11.1 Å². The Labute approximate surface area is 263 Å². The Kier molecular flexibility index (Phi) is 8.55. The van der Waals surface area contributed by atoms with Crippen LogP contribution >= 0.6 is 0 Å². The van der Waals surface area contributed by atoms with Gasteiger partial charge in [0, 0.05) is 41.5 Å². The van der Waals surface area contributed by atoms with E-state index in [9.17, 15) is 22.4 Å². The Bertz CT molecular complexity index is 1720. The van der Waals surface area contributed by atoms with Gasteiger partial charge in [0.25, 0.3) is 5.91 Å². The molecule has 10 nitrogen and oxygen atoms in total. The van der Waals surface area contributed by atoms with Gasteiger partial charge in [-0.1, -0.05) is 19.9 Å². The first kappa shape index (κ1) is 31.3. The van der Waals surface area contributed by atoms with Crippen LogP contribution in [0.5, 0.6) is 0 Å². The fraction of sp³-hybridized carbons (Fsp3) is 0.515. The van der Waals surface area contributed by atoms with Gasteiger partial charge in [0.2, 0.25) is 10.0 Å². The molecule has 4 N–H and O–H groups in total. The van der Waals surface area contributed by atoms with E-state index in [1.54, 1.807) is 18.2 Å². The van der Waals surface area contributed by atoms with Crippen LogP contribution in [0.2, 0.25) is 0 Å². The number of hydrogen-bond donors (Lipinski definition) is 3. The highest BCUT2D eigenvalue weighted by Crippen LogP contribution is 2.44. The Morgan fingerprint density at radius 1 is 1.07 bits per heavy atom. The Morgan fingerprint density at radius 3 is 2.51 bits per heavy atom. The molecule has 2 amide bonds. The summed E-state index contributed by atoms with van der Waals surface area (Å²) in [6, 6.07) is 9.50. The van der Waals surface area contributed by atoms with Gasteiger partial charge in [-0.05, 0) is 99.3 Å². The van der Waals surface area contributed by atoms with E-state index in [-0.39, 0.29) is 24.0 Å². The lowest BCUT2D eigenvalue weighted by molar-refractivity contribution is 0.0727. The van der Waals surface area contributed by atoms with Gasteiger partial charge in [-0.25, -0.2) is 21.6 Å². The molecule has 242 valence electrons. The first-order valence-corrected chi connectivity index (χ1v) is 17.4. The minimum Gasteiger partial charge on any atom is -0.446 e. The van der Waals surface area contributed by atoms with Crippen molar-refractivity contribution in [2.75, 3.05) is 37.2 Å². The Morgan fingerprint density at radius 2 is 1.80 bits per heavy atom. The molecule has 0 unspecified atom stereocenters. The number of amides is 2. The van der Waals surface area contributed by atoms with Gasteiger partial charge in [-0.3, -0.25) is 4.79 Å². The van der Waals surface area contributed by atoms with Crippen molar-refractivity contribution < 1.29 is 27.1 Å². The number of halogens is 1. The number of aromatic nitrogens is 1. The number of benzene rings is 2. The molecule has 1 aromatic heterocycles. The molecular weight excluding hydrogens is 597 g/mol. The number of carbonyl (C=O) groups excluding carboxylic acids is 2. The zero-order valence-electron chi connectivity index (χ0n) is 25.9. The molecule has 3 aliphatic rings. The van der Waals surface area contributed by atoms with Gasteiger partial charge in [-0.2, -0.15) is 0 Å². The van der Waals surface area contributed by atoms with Gasteiger partial charge in [0.1, 0.15) is 11.9 Å². The van der Waals surface area contributed by atoms with Crippen LogP contribution in [0.15, 0.2) is 36.4 Å². The lowest BCUT2D eigenvalue weighted by Crippen LogP contribution is -2.37. The highest BCUT2D eigenvalue weighted by Gasteiger charge is 2.39. The van der Waals surface area contributed by atoms with Crippen molar-refractivity contribution >= 4 is 38.6 Å². The topological polar surface area (TPSA) is 136 Å². The lowest BCUT2D eigenvalue weighted by atomic mass is 9.87. The first-order valence-electron chi connectivity index (χ1n) is 15.8. The minimum absolute atomic E-state index is 0.0181. The number of ether oxygens (including phenoxy) is 1. The second kappa shape index (κ2) is 12.3. The number of nitrogens with two attached hydrogens (primary N) is 1. The SMILES string of the molecule is CC1(C)Cc2c(-c3ccc(C(N)=O)c(N[C@H]4CC[C@H](OC(=O)NCCN5CCCC5)CC4)c3)c3ccc(F)cc3n2S(=O)(=O)C1. The smallest absolute Gasteiger partial charge is 0.407 e. The van der Waals surface area contributed by atoms with E-state index in [4.69, 9.17) is 10.5 Å². The zero-order valence-corrected chi connectivity index (χ0v) is 26.7. The molecule has 0 atom stereocenters.